The van der Waals surface area contributed by atoms with Crippen LogP contribution in [0.3, 0.4) is 0 Å². The van der Waals surface area contributed by atoms with Crippen LogP contribution < -0.4 is 5.32 Å². The van der Waals surface area contributed by atoms with Gasteiger partial charge in [-0.15, -0.1) is 0 Å². The number of allylic oxidation sites excluding steroid dienone is 4. The van der Waals surface area contributed by atoms with Gasteiger partial charge < -0.3 is 15.2 Å². The quantitative estimate of drug-likeness (QED) is 0.247. The molecule has 0 aliphatic carbocycles. The highest BCUT2D eigenvalue weighted by Gasteiger charge is 2.30. The lowest BCUT2D eigenvalue weighted by Crippen LogP contribution is -2.05. The summed E-state index contributed by atoms with van der Waals surface area (Å²) in [7, 11) is 0. The number of halogens is 4. The van der Waals surface area contributed by atoms with E-state index in [-0.39, 0.29) is 12.2 Å². The molecule has 2 rings (SSSR count). The first-order valence-electron chi connectivity index (χ1n) is 8.64. The lowest BCUT2D eigenvalue weighted by atomic mass is 9.95. The molecule has 152 valence electrons. The molecule has 0 radical (unpaired) electrons. The summed E-state index contributed by atoms with van der Waals surface area (Å²) >= 11 is 0. The van der Waals surface area contributed by atoms with Crippen LogP contribution >= 0.6 is 0 Å². The van der Waals surface area contributed by atoms with Crippen molar-refractivity contribution in [2.75, 3.05) is 5.32 Å². The lowest BCUT2D eigenvalue weighted by molar-refractivity contribution is -0.137. The standard InChI is InChI=1S/C22H19F4NO2/c1-2-20(29)13-16(11-12-28)21(14-27-19-9-7-18(23)8-10-19)15-3-5-17(6-4-15)22(24,25)26/h2-10,12-14,27,29H,11H2,1H3/b16-13+,20-2+,21-14-. The molecule has 0 unspecified atom stereocenters. The van der Waals surface area contributed by atoms with E-state index in [2.05, 4.69) is 5.32 Å². The molecule has 3 nitrogen and oxygen atoms in total. The van der Waals surface area contributed by atoms with Gasteiger partial charge in [0.15, 0.2) is 0 Å². The molecule has 0 bridgehead atoms. The van der Waals surface area contributed by atoms with Crippen LogP contribution in [0.25, 0.3) is 5.57 Å². The zero-order chi connectivity index (χ0) is 21.4. The van der Waals surface area contributed by atoms with Crippen molar-refractivity contribution in [3.8, 4) is 0 Å². The average molecular weight is 405 g/mol. The summed E-state index contributed by atoms with van der Waals surface area (Å²) in [6.45, 7) is 1.60. The van der Waals surface area contributed by atoms with Crippen molar-refractivity contribution in [1.82, 2.24) is 0 Å². The highest BCUT2D eigenvalue weighted by Crippen LogP contribution is 2.32. The normalized spacial score (nSPS) is 13.3. The summed E-state index contributed by atoms with van der Waals surface area (Å²) in [4.78, 5) is 11.1. The fourth-order valence-electron chi connectivity index (χ4n) is 2.50. The molecule has 2 aromatic rings. The highest BCUT2D eigenvalue weighted by molar-refractivity contribution is 5.84. The zero-order valence-electron chi connectivity index (χ0n) is 15.5. The Morgan fingerprint density at radius 3 is 2.21 bits per heavy atom. The molecule has 0 spiro atoms. The van der Waals surface area contributed by atoms with E-state index in [4.69, 9.17) is 0 Å². The monoisotopic (exact) mass is 405 g/mol. The van der Waals surface area contributed by atoms with Gasteiger partial charge in [0.05, 0.1) is 5.56 Å². The average Bonchev–Trinajstić information content (AvgIpc) is 2.69. The Morgan fingerprint density at radius 2 is 1.69 bits per heavy atom. The van der Waals surface area contributed by atoms with E-state index in [0.717, 1.165) is 12.1 Å². The van der Waals surface area contributed by atoms with Crippen LogP contribution in [0, 0.1) is 5.82 Å². The first-order valence-corrected chi connectivity index (χ1v) is 8.64. The summed E-state index contributed by atoms with van der Waals surface area (Å²) in [6.07, 6.45) is 0.362. The van der Waals surface area contributed by atoms with E-state index >= 15 is 0 Å². The number of nitrogens with one attached hydrogen (secondary N) is 1. The second-order valence-electron chi connectivity index (χ2n) is 6.04. The fourth-order valence-corrected chi connectivity index (χ4v) is 2.50. The van der Waals surface area contributed by atoms with Crippen molar-refractivity contribution < 1.29 is 27.5 Å². The van der Waals surface area contributed by atoms with E-state index in [0.29, 0.717) is 28.7 Å². The van der Waals surface area contributed by atoms with Gasteiger partial charge in [0.25, 0.3) is 0 Å². The number of hydrogen-bond donors (Lipinski definition) is 2. The van der Waals surface area contributed by atoms with Crippen LogP contribution in [0.4, 0.5) is 23.2 Å². The molecular weight excluding hydrogens is 386 g/mol. The third-order valence-corrected chi connectivity index (χ3v) is 4.02. The van der Waals surface area contributed by atoms with Crippen molar-refractivity contribution in [1.29, 1.82) is 0 Å². The number of carbonyl (C=O) groups is 1. The maximum atomic E-state index is 13.1. The summed E-state index contributed by atoms with van der Waals surface area (Å²) in [5, 5.41) is 12.8. The van der Waals surface area contributed by atoms with Gasteiger partial charge in [0.2, 0.25) is 0 Å². The first kappa shape index (κ1) is 21.9. The molecule has 0 atom stereocenters. The summed E-state index contributed by atoms with van der Waals surface area (Å²) in [6, 6.07) is 9.93. The number of aliphatic hydroxyl groups is 1. The Kier molecular flexibility index (Phi) is 7.36. The predicted molar refractivity (Wildman–Crippen MR) is 105 cm³/mol. The third kappa shape index (κ3) is 6.34. The van der Waals surface area contributed by atoms with Gasteiger partial charge in [0, 0.05) is 23.9 Å². The number of alkyl halides is 3. The number of benzene rings is 2. The maximum Gasteiger partial charge on any atom is 0.416 e. The smallest absolute Gasteiger partial charge is 0.416 e. The second-order valence-corrected chi connectivity index (χ2v) is 6.04. The Bertz CT molecular complexity index is 925. The highest BCUT2D eigenvalue weighted by atomic mass is 19.4. The van der Waals surface area contributed by atoms with Gasteiger partial charge in [-0.1, -0.05) is 12.1 Å². The third-order valence-electron chi connectivity index (χ3n) is 4.02. The zero-order valence-corrected chi connectivity index (χ0v) is 15.5. The van der Waals surface area contributed by atoms with E-state index in [9.17, 15) is 27.5 Å². The molecule has 7 heteroatoms. The number of hydrogen-bond acceptors (Lipinski definition) is 3. The van der Waals surface area contributed by atoms with Gasteiger partial charge in [-0.05, 0) is 66.6 Å². The van der Waals surface area contributed by atoms with Crippen LogP contribution in [-0.4, -0.2) is 11.4 Å². The second kappa shape index (κ2) is 9.73. The fraction of sp³-hybridized carbons (Fsp3) is 0.136. The van der Waals surface area contributed by atoms with Crippen molar-refractivity contribution in [2.45, 2.75) is 19.5 Å². The van der Waals surface area contributed by atoms with Crippen LogP contribution in [0.15, 0.2) is 78.2 Å². The lowest BCUT2D eigenvalue weighted by Gasteiger charge is -2.14. The Labute approximate surface area is 165 Å². The summed E-state index contributed by atoms with van der Waals surface area (Å²) in [5.74, 6) is -0.511. The van der Waals surface area contributed by atoms with Gasteiger partial charge in [0.1, 0.15) is 17.9 Å². The van der Waals surface area contributed by atoms with Crippen LogP contribution in [0.2, 0.25) is 0 Å². The Hall–Kier alpha value is -3.35. The number of aldehydes is 1. The summed E-state index contributed by atoms with van der Waals surface area (Å²) < 4.78 is 51.7. The van der Waals surface area contributed by atoms with Crippen LogP contribution in [0.1, 0.15) is 24.5 Å². The molecule has 29 heavy (non-hydrogen) atoms. The molecule has 0 aliphatic heterocycles. The minimum absolute atomic E-state index is 0.0736. The topological polar surface area (TPSA) is 49.3 Å². The van der Waals surface area contributed by atoms with E-state index in [1.54, 1.807) is 6.92 Å². The molecule has 0 aliphatic rings. The van der Waals surface area contributed by atoms with Crippen LogP contribution in [0.5, 0.6) is 0 Å². The molecule has 0 saturated carbocycles. The van der Waals surface area contributed by atoms with Crippen LogP contribution in [-0.2, 0) is 11.0 Å². The van der Waals surface area contributed by atoms with Crippen molar-refractivity contribution in [2.24, 2.45) is 0 Å². The van der Waals surface area contributed by atoms with E-state index in [1.165, 1.54) is 54.8 Å². The number of aliphatic hydroxyl groups excluding tert-OH is 1. The van der Waals surface area contributed by atoms with E-state index < -0.39 is 17.6 Å². The van der Waals surface area contributed by atoms with Crippen molar-refractivity contribution in [3.05, 3.63) is 95.2 Å². The minimum Gasteiger partial charge on any atom is -0.508 e. The van der Waals surface area contributed by atoms with Gasteiger partial charge >= 0.3 is 6.18 Å². The number of carbonyl (C=O) groups excluding carboxylic acids is 1. The van der Waals surface area contributed by atoms with Gasteiger partial charge in [-0.3, -0.25) is 0 Å². The number of rotatable bonds is 7. The Morgan fingerprint density at radius 1 is 1.07 bits per heavy atom. The summed E-state index contributed by atoms with van der Waals surface area (Å²) in [5.41, 5.74) is 0.943. The molecule has 0 aromatic heterocycles. The molecule has 0 amide bonds. The van der Waals surface area contributed by atoms with Crippen molar-refractivity contribution in [3.63, 3.8) is 0 Å². The molecule has 0 saturated heterocycles. The van der Waals surface area contributed by atoms with Gasteiger partial charge in [-0.25, -0.2) is 4.39 Å². The Balaban J connectivity index is 2.51. The molecule has 0 heterocycles. The molecule has 2 N–H and O–H groups in total. The maximum absolute atomic E-state index is 13.1. The first-order chi connectivity index (χ1) is 13.7. The van der Waals surface area contributed by atoms with Gasteiger partial charge in [-0.2, -0.15) is 13.2 Å². The minimum atomic E-state index is -4.47. The largest absolute Gasteiger partial charge is 0.508 e. The van der Waals surface area contributed by atoms with E-state index in [1.807, 2.05) is 0 Å². The SMILES string of the molecule is C\C=C(O)/C=C(CC=O)/C(=C\Nc1ccc(F)cc1)c1ccc(C(F)(F)F)cc1. The van der Waals surface area contributed by atoms with Crippen molar-refractivity contribution >= 4 is 17.5 Å². The predicted octanol–water partition coefficient (Wildman–Crippen LogP) is 6.27. The molecule has 2 aromatic carbocycles. The molecule has 0 fully saturated rings. The number of anilines is 1. The molecular formula is C22H19F4NO2.